The third-order valence-electron chi connectivity index (χ3n) is 3.79. The maximum Gasteiger partial charge on any atom is 0.247 e. The zero-order chi connectivity index (χ0) is 15.9. The molecule has 1 unspecified atom stereocenters. The highest BCUT2D eigenvalue weighted by molar-refractivity contribution is 7.89. The fraction of sp³-hybridized carbons (Fsp3) is 0.250. The lowest BCUT2D eigenvalue weighted by Gasteiger charge is -2.35. The summed E-state index contributed by atoms with van der Waals surface area (Å²) in [5, 5.41) is 3.62. The first-order valence-electron chi connectivity index (χ1n) is 7.01. The molecule has 0 saturated heterocycles. The monoisotopic (exact) mass is 336 g/mol. The van der Waals surface area contributed by atoms with Crippen LogP contribution in [0.4, 0.5) is 5.69 Å². The van der Waals surface area contributed by atoms with Gasteiger partial charge in [0.1, 0.15) is 4.90 Å². The molecule has 4 nitrogen and oxygen atoms in total. The van der Waals surface area contributed by atoms with Gasteiger partial charge in [0.2, 0.25) is 10.0 Å². The summed E-state index contributed by atoms with van der Waals surface area (Å²) in [4.78, 5) is 0.227. The summed E-state index contributed by atoms with van der Waals surface area (Å²) in [5.74, 6) is 0. The number of hydrogen-bond donors (Lipinski definition) is 1. The van der Waals surface area contributed by atoms with Crippen molar-refractivity contribution in [2.45, 2.75) is 31.5 Å². The average Bonchev–Trinajstić information content (AvgIpc) is 2.47. The predicted molar refractivity (Wildman–Crippen MR) is 88.4 cm³/mol. The summed E-state index contributed by atoms with van der Waals surface area (Å²) in [6.07, 6.45) is -0.319. The Bertz CT molecular complexity index is 803. The Morgan fingerprint density at radius 2 is 1.86 bits per heavy atom. The SMILES string of the molecule is Cc1ccc(CN2C(C)Nc3ccc(Cl)cc3S2(=O)=O)cc1. The average molecular weight is 337 g/mol. The smallest absolute Gasteiger partial charge is 0.247 e. The second kappa shape index (κ2) is 5.57. The van der Waals surface area contributed by atoms with Gasteiger partial charge in [0.25, 0.3) is 0 Å². The molecule has 2 aromatic carbocycles. The zero-order valence-electron chi connectivity index (χ0n) is 12.4. The molecular formula is C16H17ClN2O2S. The second-order valence-corrected chi connectivity index (χ2v) is 7.79. The molecule has 0 saturated carbocycles. The van der Waals surface area contributed by atoms with Crippen LogP contribution in [0.1, 0.15) is 18.1 Å². The van der Waals surface area contributed by atoms with E-state index in [2.05, 4.69) is 5.32 Å². The summed E-state index contributed by atoms with van der Waals surface area (Å²) in [7, 11) is -3.58. The molecule has 116 valence electrons. The molecule has 0 aromatic heterocycles. The lowest BCUT2D eigenvalue weighted by atomic mass is 10.1. The number of rotatable bonds is 2. The van der Waals surface area contributed by atoms with Crippen LogP contribution in [0.25, 0.3) is 0 Å². The van der Waals surface area contributed by atoms with E-state index in [1.165, 1.54) is 10.4 Å². The molecule has 2 aromatic rings. The van der Waals surface area contributed by atoms with Gasteiger partial charge in [-0.3, -0.25) is 0 Å². The van der Waals surface area contributed by atoms with E-state index >= 15 is 0 Å². The third-order valence-corrected chi connectivity index (χ3v) is 5.98. The van der Waals surface area contributed by atoms with Crippen LogP contribution < -0.4 is 5.32 Å². The Kier molecular flexibility index (Phi) is 3.89. The van der Waals surface area contributed by atoms with Crippen LogP contribution in [-0.2, 0) is 16.6 Å². The third kappa shape index (κ3) is 2.72. The molecule has 0 fully saturated rings. The summed E-state index contributed by atoms with van der Waals surface area (Å²) in [6.45, 7) is 4.16. The number of fused-ring (bicyclic) bond motifs is 1. The first-order chi connectivity index (χ1) is 10.4. The van der Waals surface area contributed by atoms with Gasteiger partial charge in [0.15, 0.2) is 0 Å². The molecule has 1 heterocycles. The van der Waals surface area contributed by atoms with Gasteiger partial charge in [-0.05, 0) is 37.6 Å². The van der Waals surface area contributed by atoms with E-state index in [4.69, 9.17) is 11.6 Å². The van der Waals surface area contributed by atoms with E-state index in [1.54, 1.807) is 12.1 Å². The number of hydrogen-bond acceptors (Lipinski definition) is 3. The van der Waals surface area contributed by atoms with Gasteiger partial charge in [-0.25, -0.2) is 8.42 Å². The van der Waals surface area contributed by atoms with Gasteiger partial charge in [-0.2, -0.15) is 4.31 Å². The molecule has 1 atom stereocenters. The molecular weight excluding hydrogens is 320 g/mol. The van der Waals surface area contributed by atoms with Crippen molar-refractivity contribution >= 4 is 27.3 Å². The van der Waals surface area contributed by atoms with Gasteiger partial charge in [-0.15, -0.1) is 0 Å². The predicted octanol–water partition coefficient (Wildman–Crippen LogP) is 3.61. The van der Waals surface area contributed by atoms with Crippen LogP contribution >= 0.6 is 11.6 Å². The minimum Gasteiger partial charge on any atom is -0.368 e. The van der Waals surface area contributed by atoms with Crippen LogP contribution in [0.5, 0.6) is 0 Å². The minimum absolute atomic E-state index is 0.227. The largest absolute Gasteiger partial charge is 0.368 e. The Balaban J connectivity index is 2.00. The van der Waals surface area contributed by atoms with Crippen LogP contribution in [0.2, 0.25) is 5.02 Å². The quantitative estimate of drug-likeness (QED) is 0.911. The number of benzene rings is 2. The first-order valence-corrected chi connectivity index (χ1v) is 8.83. The van der Waals surface area contributed by atoms with Crippen molar-refractivity contribution in [3.05, 3.63) is 58.6 Å². The standard InChI is InChI=1S/C16H17ClN2O2S/c1-11-3-5-13(6-4-11)10-19-12(2)18-15-8-7-14(17)9-16(15)22(19,20)21/h3-9,12,18H,10H2,1-2H3. The van der Waals surface area contributed by atoms with Gasteiger partial charge in [0, 0.05) is 11.6 Å². The van der Waals surface area contributed by atoms with Crippen molar-refractivity contribution in [3.63, 3.8) is 0 Å². The van der Waals surface area contributed by atoms with E-state index in [0.29, 0.717) is 17.3 Å². The normalized spacial score (nSPS) is 20.2. The number of nitrogens with zero attached hydrogens (tertiary/aromatic N) is 1. The molecule has 1 aliphatic rings. The molecule has 0 spiro atoms. The zero-order valence-corrected chi connectivity index (χ0v) is 13.9. The minimum atomic E-state index is -3.58. The highest BCUT2D eigenvalue weighted by Gasteiger charge is 2.36. The van der Waals surface area contributed by atoms with Crippen molar-refractivity contribution in [2.24, 2.45) is 0 Å². The highest BCUT2D eigenvalue weighted by atomic mass is 35.5. The van der Waals surface area contributed by atoms with Crippen molar-refractivity contribution in [1.82, 2.24) is 4.31 Å². The van der Waals surface area contributed by atoms with Gasteiger partial charge < -0.3 is 5.32 Å². The van der Waals surface area contributed by atoms with Crippen molar-refractivity contribution in [3.8, 4) is 0 Å². The molecule has 1 N–H and O–H groups in total. The summed E-state index contributed by atoms with van der Waals surface area (Å²) in [6, 6.07) is 12.7. The molecule has 6 heteroatoms. The van der Waals surface area contributed by atoms with Gasteiger partial charge in [0.05, 0.1) is 11.9 Å². The summed E-state index contributed by atoms with van der Waals surface area (Å²) >= 11 is 5.95. The topological polar surface area (TPSA) is 49.4 Å². The van der Waals surface area contributed by atoms with E-state index in [0.717, 1.165) is 11.1 Å². The van der Waals surface area contributed by atoms with E-state index in [9.17, 15) is 8.42 Å². The fourth-order valence-corrected chi connectivity index (χ4v) is 4.51. The van der Waals surface area contributed by atoms with E-state index < -0.39 is 10.0 Å². The Morgan fingerprint density at radius 1 is 1.18 bits per heavy atom. The number of halogens is 1. The van der Waals surface area contributed by atoms with Crippen LogP contribution in [0.3, 0.4) is 0 Å². The Hall–Kier alpha value is -1.56. The number of nitrogens with one attached hydrogen (secondary N) is 1. The number of sulfonamides is 1. The number of anilines is 1. The maximum absolute atomic E-state index is 12.9. The summed E-state index contributed by atoms with van der Waals surface area (Å²) in [5.41, 5.74) is 2.69. The molecule has 0 aliphatic carbocycles. The lowest BCUT2D eigenvalue weighted by molar-refractivity contribution is 0.348. The van der Waals surface area contributed by atoms with Gasteiger partial charge in [-0.1, -0.05) is 41.4 Å². The first kappa shape index (κ1) is 15.3. The lowest BCUT2D eigenvalue weighted by Crippen LogP contribution is -2.46. The Labute approximate surface area is 135 Å². The molecule has 0 amide bonds. The van der Waals surface area contributed by atoms with Gasteiger partial charge >= 0.3 is 0 Å². The van der Waals surface area contributed by atoms with Crippen molar-refractivity contribution < 1.29 is 8.42 Å². The molecule has 3 rings (SSSR count). The molecule has 0 radical (unpaired) electrons. The van der Waals surface area contributed by atoms with E-state index in [-0.39, 0.29) is 11.1 Å². The van der Waals surface area contributed by atoms with Crippen molar-refractivity contribution in [2.75, 3.05) is 5.32 Å². The number of aryl methyl sites for hydroxylation is 1. The van der Waals surface area contributed by atoms with Crippen LogP contribution in [0, 0.1) is 6.92 Å². The van der Waals surface area contributed by atoms with Crippen LogP contribution in [0.15, 0.2) is 47.4 Å². The maximum atomic E-state index is 12.9. The molecule has 22 heavy (non-hydrogen) atoms. The van der Waals surface area contributed by atoms with E-state index in [1.807, 2.05) is 38.1 Å². The summed E-state index contributed by atoms with van der Waals surface area (Å²) < 4.78 is 27.2. The van der Waals surface area contributed by atoms with Crippen LogP contribution in [-0.4, -0.2) is 18.9 Å². The fourth-order valence-electron chi connectivity index (χ4n) is 2.56. The Morgan fingerprint density at radius 3 is 2.55 bits per heavy atom. The van der Waals surface area contributed by atoms with Crippen molar-refractivity contribution in [1.29, 1.82) is 0 Å². The molecule has 0 bridgehead atoms. The highest BCUT2D eigenvalue weighted by Crippen LogP contribution is 2.34. The molecule has 1 aliphatic heterocycles. The second-order valence-electron chi connectivity index (χ2n) is 5.50.